The van der Waals surface area contributed by atoms with Crippen LogP contribution in [0.25, 0.3) is 5.57 Å². The third-order valence-electron chi connectivity index (χ3n) is 4.53. The number of hydrogen-bond donors (Lipinski definition) is 1. The molecule has 0 spiro atoms. The van der Waals surface area contributed by atoms with Crippen LogP contribution in [0.1, 0.15) is 22.3 Å². The maximum absolute atomic E-state index is 13.2. The van der Waals surface area contributed by atoms with Crippen LogP contribution in [0, 0.1) is 20.8 Å². The lowest BCUT2D eigenvalue weighted by molar-refractivity contribution is -0.119. The highest BCUT2D eigenvalue weighted by atomic mass is 32.2. The molecular formula is C21H21NO3S. The molecule has 1 N–H and O–H groups in total. The van der Waals surface area contributed by atoms with Crippen molar-refractivity contribution in [3.63, 3.8) is 0 Å². The standard InChI is InChI=1S/C21H21NO3S/c1-13-8-9-16(12-15(13)3)18-19(26-11-10-23)21(25)22(20(18)24)17-7-5-4-6-14(17)2/h4-9,12,23H,10-11H2,1-3H3. The Labute approximate surface area is 157 Å². The lowest BCUT2D eigenvalue weighted by Gasteiger charge is -2.17. The summed E-state index contributed by atoms with van der Waals surface area (Å²) in [7, 11) is 0. The number of imide groups is 1. The first-order valence-corrected chi connectivity index (χ1v) is 9.44. The van der Waals surface area contributed by atoms with Crippen LogP contribution in [0.2, 0.25) is 0 Å². The van der Waals surface area contributed by atoms with Crippen molar-refractivity contribution >= 4 is 34.8 Å². The number of anilines is 1. The third kappa shape index (κ3) is 3.20. The van der Waals surface area contributed by atoms with Gasteiger partial charge in [-0.1, -0.05) is 36.4 Å². The minimum atomic E-state index is -0.323. The van der Waals surface area contributed by atoms with Crippen LogP contribution in [-0.4, -0.2) is 29.3 Å². The summed E-state index contributed by atoms with van der Waals surface area (Å²) in [6.07, 6.45) is 0. The number of hydrogen-bond acceptors (Lipinski definition) is 4. The summed E-state index contributed by atoms with van der Waals surface area (Å²) in [5.74, 6) is -0.270. The quantitative estimate of drug-likeness (QED) is 0.820. The molecule has 0 radical (unpaired) electrons. The fourth-order valence-electron chi connectivity index (χ4n) is 2.98. The lowest BCUT2D eigenvalue weighted by Crippen LogP contribution is -2.31. The van der Waals surface area contributed by atoms with Gasteiger partial charge in [0.15, 0.2) is 0 Å². The van der Waals surface area contributed by atoms with Gasteiger partial charge in [0.25, 0.3) is 11.8 Å². The number of carbonyl (C=O) groups excluding carboxylic acids is 2. The summed E-state index contributed by atoms with van der Waals surface area (Å²) >= 11 is 1.23. The maximum Gasteiger partial charge on any atom is 0.272 e. The first-order valence-electron chi connectivity index (χ1n) is 8.45. The topological polar surface area (TPSA) is 57.6 Å². The van der Waals surface area contributed by atoms with Crippen LogP contribution in [0.4, 0.5) is 5.69 Å². The van der Waals surface area contributed by atoms with Gasteiger partial charge in [0.1, 0.15) is 0 Å². The van der Waals surface area contributed by atoms with E-state index in [1.165, 1.54) is 16.7 Å². The van der Waals surface area contributed by atoms with E-state index >= 15 is 0 Å². The number of carbonyl (C=O) groups is 2. The predicted octanol–water partition coefficient (Wildman–Crippen LogP) is 3.62. The number of amides is 2. The van der Waals surface area contributed by atoms with E-state index in [-0.39, 0.29) is 18.4 Å². The Morgan fingerprint density at radius 2 is 1.65 bits per heavy atom. The summed E-state index contributed by atoms with van der Waals surface area (Å²) in [4.78, 5) is 27.9. The molecule has 0 saturated heterocycles. The first-order chi connectivity index (χ1) is 12.5. The van der Waals surface area contributed by atoms with Crippen molar-refractivity contribution in [2.45, 2.75) is 20.8 Å². The molecule has 2 aromatic carbocycles. The minimum Gasteiger partial charge on any atom is -0.396 e. The van der Waals surface area contributed by atoms with Crippen molar-refractivity contribution < 1.29 is 14.7 Å². The SMILES string of the molecule is Cc1ccc(C2=C(SCCO)C(=O)N(c3ccccc3C)C2=O)cc1C. The average molecular weight is 367 g/mol. The van der Waals surface area contributed by atoms with Crippen molar-refractivity contribution in [2.24, 2.45) is 0 Å². The summed E-state index contributed by atoms with van der Waals surface area (Å²) in [6.45, 7) is 5.82. The predicted molar refractivity (Wildman–Crippen MR) is 106 cm³/mol. The molecule has 26 heavy (non-hydrogen) atoms. The first kappa shape index (κ1) is 18.4. The number of aliphatic hydroxyl groups excluding tert-OH is 1. The second-order valence-electron chi connectivity index (χ2n) is 6.31. The second-order valence-corrected chi connectivity index (χ2v) is 7.41. The Balaban J connectivity index is 2.12. The van der Waals surface area contributed by atoms with E-state index in [2.05, 4.69) is 0 Å². The highest BCUT2D eigenvalue weighted by Gasteiger charge is 2.40. The average Bonchev–Trinajstić information content (AvgIpc) is 2.86. The van der Waals surface area contributed by atoms with Crippen molar-refractivity contribution in [3.8, 4) is 0 Å². The molecule has 2 aromatic rings. The van der Waals surface area contributed by atoms with Crippen LogP contribution < -0.4 is 4.90 Å². The van der Waals surface area contributed by atoms with Gasteiger partial charge in [-0.15, -0.1) is 11.8 Å². The number of aliphatic hydroxyl groups is 1. The molecule has 1 aliphatic heterocycles. The minimum absolute atomic E-state index is 0.0553. The molecule has 134 valence electrons. The monoisotopic (exact) mass is 367 g/mol. The number of aryl methyl sites for hydroxylation is 3. The Morgan fingerprint density at radius 1 is 0.923 bits per heavy atom. The Bertz CT molecular complexity index is 917. The van der Waals surface area contributed by atoms with E-state index in [4.69, 9.17) is 0 Å². The number of rotatable bonds is 5. The van der Waals surface area contributed by atoms with Gasteiger partial charge in [0.2, 0.25) is 0 Å². The Kier molecular flexibility index (Phi) is 5.30. The molecule has 5 heteroatoms. The van der Waals surface area contributed by atoms with Crippen molar-refractivity contribution in [1.82, 2.24) is 0 Å². The molecule has 0 aliphatic carbocycles. The summed E-state index contributed by atoms with van der Waals surface area (Å²) in [6, 6.07) is 13.1. The van der Waals surface area contributed by atoms with E-state index in [1.807, 2.05) is 57.2 Å². The zero-order chi connectivity index (χ0) is 18.8. The molecule has 3 rings (SSSR count). The number of benzene rings is 2. The van der Waals surface area contributed by atoms with Crippen LogP contribution in [0.3, 0.4) is 0 Å². The van der Waals surface area contributed by atoms with E-state index in [9.17, 15) is 14.7 Å². The maximum atomic E-state index is 13.2. The van der Waals surface area contributed by atoms with E-state index in [0.29, 0.717) is 21.9 Å². The van der Waals surface area contributed by atoms with Gasteiger partial charge in [0, 0.05) is 5.75 Å². The highest BCUT2D eigenvalue weighted by molar-refractivity contribution is 8.04. The largest absolute Gasteiger partial charge is 0.396 e. The van der Waals surface area contributed by atoms with Crippen LogP contribution in [0.15, 0.2) is 47.4 Å². The molecule has 0 bridgehead atoms. The normalized spacial score (nSPS) is 14.5. The van der Waals surface area contributed by atoms with Gasteiger partial charge in [-0.05, 0) is 49.1 Å². The molecule has 0 atom stereocenters. The van der Waals surface area contributed by atoms with Gasteiger partial charge in [-0.25, -0.2) is 4.90 Å². The summed E-state index contributed by atoms with van der Waals surface area (Å²) in [5, 5.41) is 9.19. The molecule has 1 heterocycles. The molecule has 2 amide bonds. The smallest absolute Gasteiger partial charge is 0.272 e. The molecule has 0 aromatic heterocycles. The molecule has 0 saturated carbocycles. The highest BCUT2D eigenvalue weighted by Crippen LogP contribution is 2.39. The summed E-state index contributed by atoms with van der Waals surface area (Å²) in [5.41, 5.74) is 4.82. The molecule has 4 nitrogen and oxygen atoms in total. The zero-order valence-electron chi connectivity index (χ0n) is 15.1. The molecule has 0 unspecified atom stereocenters. The molecule has 1 aliphatic rings. The molecular weight excluding hydrogens is 346 g/mol. The number of nitrogens with zero attached hydrogens (tertiary/aromatic N) is 1. The van der Waals surface area contributed by atoms with E-state index in [1.54, 1.807) is 6.07 Å². The zero-order valence-corrected chi connectivity index (χ0v) is 15.9. The van der Waals surface area contributed by atoms with Crippen LogP contribution in [-0.2, 0) is 9.59 Å². The van der Waals surface area contributed by atoms with Crippen LogP contribution >= 0.6 is 11.8 Å². The van der Waals surface area contributed by atoms with Crippen molar-refractivity contribution in [1.29, 1.82) is 0 Å². The van der Waals surface area contributed by atoms with Crippen LogP contribution in [0.5, 0.6) is 0 Å². The van der Waals surface area contributed by atoms with Crippen molar-refractivity contribution in [2.75, 3.05) is 17.3 Å². The van der Waals surface area contributed by atoms with Crippen molar-refractivity contribution in [3.05, 3.63) is 69.6 Å². The van der Waals surface area contributed by atoms with Gasteiger partial charge in [-0.3, -0.25) is 9.59 Å². The van der Waals surface area contributed by atoms with E-state index < -0.39 is 0 Å². The second kappa shape index (κ2) is 7.48. The summed E-state index contributed by atoms with van der Waals surface area (Å²) < 4.78 is 0. The fourth-order valence-corrected chi connectivity index (χ4v) is 3.84. The Morgan fingerprint density at radius 3 is 2.31 bits per heavy atom. The van der Waals surface area contributed by atoms with Gasteiger partial charge in [-0.2, -0.15) is 0 Å². The van der Waals surface area contributed by atoms with Gasteiger partial charge in [0.05, 0.1) is 22.8 Å². The van der Waals surface area contributed by atoms with E-state index in [0.717, 1.165) is 22.3 Å². The fraction of sp³-hybridized carbons (Fsp3) is 0.238. The lowest BCUT2D eigenvalue weighted by atomic mass is 10.0. The number of thioether (sulfide) groups is 1. The van der Waals surface area contributed by atoms with Gasteiger partial charge >= 0.3 is 0 Å². The molecule has 0 fully saturated rings. The third-order valence-corrected chi connectivity index (χ3v) is 5.59. The Hall–Kier alpha value is -2.37. The van der Waals surface area contributed by atoms with Gasteiger partial charge < -0.3 is 5.11 Å². The number of para-hydroxylation sites is 1.